The number of ether oxygens (including phenoxy) is 1. The van der Waals surface area contributed by atoms with Crippen molar-refractivity contribution >= 4 is 17.6 Å². The van der Waals surface area contributed by atoms with Crippen molar-refractivity contribution in [2.24, 2.45) is 5.92 Å². The van der Waals surface area contributed by atoms with Gasteiger partial charge in [-0.3, -0.25) is 9.59 Å². The summed E-state index contributed by atoms with van der Waals surface area (Å²) in [6.45, 7) is 3.17. The number of amides is 1. The highest BCUT2D eigenvalue weighted by Gasteiger charge is 2.17. The van der Waals surface area contributed by atoms with E-state index in [0.29, 0.717) is 23.6 Å². The molecule has 2 unspecified atom stereocenters. The van der Waals surface area contributed by atoms with E-state index in [0.717, 1.165) is 26.1 Å². The molecule has 0 aliphatic carbocycles. The molecule has 0 bridgehead atoms. The van der Waals surface area contributed by atoms with E-state index >= 15 is 0 Å². The topological polar surface area (TPSA) is 75.6 Å². The van der Waals surface area contributed by atoms with E-state index in [9.17, 15) is 9.59 Å². The van der Waals surface area contributed by atoms with Gasteiger partial charge in [0.15, 0.2) is 0 Å². The smallest absolute Gasteiger partial charge is 0.310 e. The van der Waals surface area contributed by atoms with Gasteiger partial charge in [0.1, 0.15) is 0 Å². The first-order chi connectivity index (χ1) is 10.1. The summed E-state index contributed by atoms with van der Waals surface area (Å²) in [6.07, 6.45) is 2.32. The number of anilines is 1. The summed E-state index contributed by atoms with van der Waals surface area (Å²) >= 11 is 0. The number of benzene rings is 1. The number of carboxylic acid groups (broad SMARTS) is 1. The van der Waals surface area contributed by atoms with Crippen LogP contribution in [0.4, 0.5) is 5.69 Å². The largest absolute Gasteiger partial charge is 0.481 e. The Balaban J connectivity index is 1.88. The van der Waals surface area contributed by atoms with Gasteiger partial charge in [-0.15, -0.1) is 0 Å². The van der Waals surface area contributed by atoms with E-state index in [2.05, 4.69) is 5.32 Å². The molecule has 0 aromatic heterocycles. The van der Waals surface area contributed by atoms with Crippen LogP contribution < -0.4 is 5.32 Å². The number of hydrogen-bond acceptors (Lipinski definition) is 3. The molecule has 1 saturated heterocycles. The minimum atomic E-state index is -0.875. The van der Waals surface area contributed by atoms with Gasteiger partial charge in [0.2, 0.25) is 5.91 Å². The first-order valence-corrected chi connectivity index (χ1v) is 7.26. The Morgan fingerprint density at radius 3 is 2.95 bits per heavy atom. The molecule has 1 fully saturated rings. The average molecular weight is 291 g/mol. The normalized spacial score (nSPS) is 19.2. The van der Waals surface area contributed by atoms with E-state index in [1.807, 2.05) is 0 Å². The van der Waals surface area contributed by atoms with Gasteiger partial charge in [0.05, 0.1) is 5.92 Å². The predicted octanol–water partition coefficient (Wildman–Crippen LogP) is 2.63. The molecule has 0 radical (unpaired) electrons. The van der Waals surface area contributed by atoms with Crippen molar-refractivity contribution in [3.8, 4) is 0 Å². The summed E-state index contributed by atoms with van der Waals surface area (Å²) < 4.78 is 5.28. The number of carboxylic acids is 1. The maximum absolute atomic E-state index is 11.9. The zero-order valence-electron chi connectivity index (χ0n) is 12.2. The third-order valence-corrected chi connectivity index (χ3v) is 3.84. The zero-order chi connectivity index (χ0) is 15.2. The summed E-state index contributed by atoms with van der Waals surface area (Å²) in [4.78, 5) is 22.9. The Bertz CT molecular complexity index is 509. The molecule has 1 aliphatic heterocycles. The van der Waals surface area contributed by atoms with Crippen LogP contribution in [-0.4, -0.2) is 30.2 Å². The molecule has 1 aromatic rings. The molecular weight excluding hydrogens is 270 g/mol. The van der Waals surface area contributed by atoms with Gasteiger partial charge in [-0.2, -0.15) is 0 Å². The third-order valence-electron chi connectivity index (χ3n) is 3.84. The van der Waals surface area contributed by atoms with E-state index in [-0.39, 0.29) is 5.91 Å². The standard InChI is InChI=1S/C16H21NO4/c1-11(16(19)20)13-3-2-4-14(9-13)17-15(18)6-5-12-7-8-21-10-12/h2-4,9,11-12H,5-8,10H2,1H3,(H,17,18)(H,19,20). The first-order valence-electron chi connectivity index (χ1n) is 7.26. The maximum Gasteiger partial charge on any atom is 0.310 e. The molecule has 5 heteroatoms. The molecule has 2 N–H and O–H groups in total. The number of rotatable bonds is 6. The lowest BCUT2D eigenvalue weighted by Gasteiger charge is -2.11. The summed E-state index contributed by atoms with van der Waals surface area (Å²) in [5.41, 5.74) is 1.33. The van der Waals surface area contributed by atoms with Crippen molar-refractivity contribution in [2.45, 2.75) is 32.1 Å². The second-order valence-corrected chi connectivity index (χ2v) is 5.50. The van der Waals surface area contributed by atoms with Crippen LogP contribution in [0.1, 0.15) is 37.7 Å². The fourth-order valence-corrected chi connectivity index (χ4v) is 2.40. The van der Waals surface area contributed by atoms with Gasteiger partial charge in [-0.25, -0.2) is 0 Å². The van der Waals surface area contributed by atoms with Crippen LogP contribution in [0.2, 0.25) is 0 Å². The Kier molecular flexibility index (Phi) is 5.33. The van der Waals surface area contributed by atoms with Crippen molar-refractivity contribution in [3.05, 3.63) is 29.8 Å². The van der Waals surface area contributed by atoms with Crippen molar-refractivity contribution in [1.29, 1.82) is 0 Å². The average Bonchev–Trinajstić information content (AvgIpc) is 2.98. The Morgan fingerprint density at radius 2 is 2.29 bits per heavy atom. The van der Waals surface area contributed by atoms with Crippen LogP contribution in [0.15, 0.2) is 24.3 Å². The van der Waals surface area contributed by atoms with Crippen molar-refractivity contribution in [1.82, 2.24) is 0 Å². The lowest BCUT2D eigenvalue weighted by atomic mass is 10.0. The number of nitrogens with one attached hydrogen (secondary N) is 1. The molecule has 21 heavy (non-hydrogen) atoms. The molecule has 114 valence electrons. The number of carbonyl (C=O) groups excluding carboxylic acids is 1. The molecule has 1 heterocycles. The number of hydrogen-bond donors (Lipinski definition) is 2. The molecule has 0 saturated carbocycles. The fourth-order valence-electron chi connectivity index (χ4n) is 2.40. The lowest BCUT2D eigenvalue weighted by molar-refractivity contribution is -0.138. The Hall–Kier alpha value is -1.88. The van der Waals surface area contributed by atoms with Crippen LogP contribution in [0, 0.1) is 5.92 Å². The minimum Gasteiger partial charge on any atom is -0.481 e. The second-order valence-electron chi connectivity index (χ2n) is 5.50. The molecule has 1 amide bonds. The van der Waals surface area contributed by atoms with Crippen LogP contribution in [-0.2, 0) is 14.3 Å². The quantitative estimate of drug-likeness (QED) is 0.844. The zero-order valence-corrected chi connectivity index (χ0v) is 12.2. The van der Waals surface area contributed by atoms with Gasteiger partial charge in [-0.05, 0) is 43.4 Å². The Morgan fingerprint density at radius 1 is 1.48 bits per heavy atom. The number of aliphatic carboxylic acids is 1. The van der Waals surface area contributed by atoms with E-state index < -0.39 is 11.9 Å². The first kappa shape index (κ1) is 15.5. The van der Waals surface area contributed by atoms with Crippen LogP contribution in [0.5, 0.6) is 0 Å². The van der Waals surface area contributed by atoms with Crippen molar-refractivity contribution in [2.75, 3.05) is 18.5 Å². The van der Waals surface area contributed by atoms with Gasteiger partial charge in [0, 0.05) is 25.3 Å². The molecule has 1 aromatic carbocycles. The third kappa shape index (κ3) is 4.56. The Labute approximate surface area is 124 Å². The van der Waals surface area contributed by atoms with Crippen molar-refractivity contribution in [3.63, 3.8) is 0 Å². The monoisotopic (exact) mass is 291 g/mol. The highest BCUT2D eigenvalue weighted by Crippen LogP contribution is 2.21. The summed E-state index contributed by atoms with van der Waals surface area (Å²) in [5.74, 6) is -1.02. The maximum atomic E-state index is 11.9. The second kappa shape index (κ2) is 7.22. The molecule has 5 nitrogen and oxygen atoms in total. The summed E-state index contributed by atoms with van der Waals surface area (Å²) in [6, 6.07) is 7.00. The molecule has 2 atom stereocenters. The van der Waals surface area contributed by atoms with Crippen LogP contribution in [0.3, 0.4) is 0 Å². The molecule has 2 rings (SSSR count). The van der Waals surface area contributed by atoms with Gasteiger partial charge < -0.3 is 15.2 Å². The van der Waals surface area contributed by atoms with Gasteiger partial charge in [0.25, 0.3) is 0 Å². The summed E-state index contributed by atoms with van der Waals surface area (Å²) in [7, 11) is 0. The highest BCUT2D eigenvalue weighted by atomic mass is 16.5. The van der Waals surface area contributed by atoms with E-state index in [1.165, 1.54) is 0 Å². The van der Waals surface area contributed by atoms with Gasteiger partial charge >= 0.3 is 5.97 Å². The van der Waals surface area contributed by atoms with E-state index in [1.54, 1.807) is 31.2 Å². The highest BCUT2D eigenvalue weighted by molar-refractivity contribution is 5.91. The predicted molar refractivity (Wildman–Crippen MR) is 79.3 cm³/mol. The van der Waals surface area contributed by atoms with Gasteiger partial charge in [-0.1, -0.05) is 12.1 Å². The van der Waals surface area contributed by atoms with Crippen molar-refractivity contribution < 1.29 is 19.4 Å². The molecule has 1 aliphatic rings. The van der Waals surface area contributed by atoms with Crippen LogP contribution in [0.25, 0.3) is 0 Å². The lowest BCUT2D eigenvalue weighted by Crippen LogP contribution is -2.14. The van der Waals surface area contributed by atoms with E-state index in [4.69, 9.17) is 9.84 Å². The fraction of sp³-hybridized carbons (Fsp3) is 0.500. The molecular formula is C16H21NO4. The summed E-state index contributed by atoms with van der Waals surface area (Å²) in [5, 5.41) is 11.8. The van der Waals surface area contributed by atoms with Crippen LogP contribution >= 0.6 is 0 Å². The SMILES string of the molecule is CC(C(=O)O)c1cccc(NC(=O)CCC2CCOC2)c1. The molecule has 0 spiro atoms. The number of carbonyl (C=O) groups is 2. The minimum absolute atomic E-state index is 0.0398.